The Morgan fingerprint density at radius 1 is 1.40 bits per heavy atom. The summed E-state index contributed by atoms with van der Waals surface area (Å²) in [4.78, 5) is 16.3. The molecule has 0 aliphatic carbocycles. The predicted octanol–water partition coefficient (Wildman–Crippen LogP) is 4.45. The number of carbonyl (C=O) groups excluding carboxylic acids is 1. The molecule has 25 heavy (non-hydrogen) atoms. The Morgan fingerprint density at radius 2 is 2.16 bits per heavy atom. The molecule has 0 N–H and O–H groups in total. The van der Waals surface area contributed by atoms with Gasteiger partial charge in [0.05, 0.1) is 5.69 Å². The van der Waals surface area contributed by atoms with Crippen molar-refractivity contribution in [2.75, 3.05) is 0 Å². The number of halogens is 2. The third-order valence-corrected chi connectivity index (χ3v) is 4.20. The average Bonchev–Trinajstić information content (AvgIpc) is 3.10. The van der Waals surface area contributed by atoms with Crippen LogP contribution in [-0.4, -0.2) is 20.5 Å². The molecular weight excluding hydrogens is 345 g/mol. The van der Waals surface area contributed by atoms with Crippen LogP contribution < -0.4 is 0 Å². The van der Waals surface area contributed by atoms with E-state index in [0.29, 0.717) is 41.0 Å². The van der Waals surface area contributed by atoms with E-state index in [1.165, 1.54) is 25.1 Å². The molecule has 0 saturated carbocycles. The van der Waals surface area contributed by atoms with Crippen LogP contribution in [0.25, 0.3) is 11.3 Å². The summed E-state index contributed by atoms with van der Waals surface area (Å²) in [6.45, 7) is 5.79. The van der Waals surface area contributed by atoms with Crippen LogP contribution in [0.2, 0.25) is 5.15 Å². The van der Waals surface area contributed by atoms with Gasteiger partial charge < -0.3 is 4.42 Å². The van der Waals surface area contributed by atoms with Gasteiger partial charge in [-0.1, -0.05) is 11.6 Å². The van der Waals surface area contributed by atoms with Crippen LogP contribution in [0.4, 0.5) is 4.39 Å². The molecule has 7 heteroatoms. The van der Waals surface area contributed by atoms with Crippen molar-refractivity contribution in [3.05, 3.63) is 58.1 Å². The maximum atomic E-state index is 13.5. The van der Waals surface area contributed by atoms with Gasteiger partial charge in [0.25, 0.3) is 0 Å². The first-order valence-corrected chi connectivity index (χ1v) is 8.25. The summed E-state index contributed by atoms with van der Waals surface area (Å²) in [5.41, 5.74) is 2.21. The van der Waals surface area contributed by atoms with Crippen molar-refractivity contribution in [2.24, 2.45) is 0 Å². The monoisotopic (exact) mass is 361 g/mol. The Balaban J connectivity index is 2.08. The lowest BCUT2D eigenvalue weighted by atomic mass is 9.99. The molecule has 3 rings (SSSR count). The van der Waals surface area contributed by atoms with Crippen LogP contribution >= 0.6 is 11.6 Å². The zero-order valence-corrected chi connectivity index (χ0v) is 14.9. The van der Waals surface area contributed by atoms with E-state index in [-0.39, 0.29) is 11.3 Å². The van der Waals surface area contributed by atoms with Gasteiger partial charge in [0.2, 0.25) is 0 Å². The number of aromatic nitrogens is 3. The molecule has 5 nitrogen and oxygen atoms in total. The normalized spacial score (nSPS) is 11.1. The number of hydrogen-bond acceptors (Lipinski definition) is 4. The van der Waals surface area contributed by atoms with Crippen LogP contribution in [0.15, 0.2) is 28.8 Å². The quantitative estimate of drug-likeness (QED) is 0.630. The van der Waals surface area contributed by atoms with Gasteiger partial charge in [0.15, 0.2) is 22.6 Å². The molecule has 2 heterocycles. The van der Waals surface area contributed by atoms with Gasteiger partial charge in [-0.2, -0.15) is 5.10 Å². The zero-order chi connectivity index (χ0) is 18.1. The number of nitrogens with zero attached hydrogens (tertiary/aromatic N) is 3. The Hall–Kier alpha value is -2.47. The molecule has 0 unspecified atom stereocenters. The number of aryl methyl sites for hydroxylation is 2. The maximum Gasteiger partial charge on any atom is 0.192 e. The predicted molar refractivity (Wildman–Crippen MR) is 92.4 cm³/mol. The Bertz CT molecular complexity index is 946. The Labute approximate surface area is 149 Å². The second kappa shape index (κ2) is 6.80. The Morgan fingerprint density at radius 3 is 2.80 bits per heavy atom. The number of ketones is 1. The number of oxazole rings is 1. The molecule has 0 fully saturated rings. The van der Waals surface area contributed by atoms with Crippen molar-refractivity contribution in [2.45, 2.75) is 33.7 Å². The van der Waals surface area contributed by atoms with Crippen LogP contribution in [0.5, 0.6) is 0 Å². The molecule has 0 aliphatic rings. The molecule has 0 saturated heterocycles. The highest BCUT2D eigenvalue weighted by Crippen LogP contribution is 2.31. The number of benzene rings is 1. The zero-order valence-electron chi connectivity index (χ0n) is 14.1. The van der Waals surface area contributed by atoms with Gasteiger partial charge in [-0.05, 0) is 32.0 Å². The number of hydrogen-bond donors (Lipinski definition) is 0. The summed E-state index contributed by atoms with van der Waals surface area (Å²) in [7, 11) is 0. The van der Waals surface area contributed by atoms with Crippen molar-refractivity contribution in [3.8, 4) is 11.3 Å². The summed E-state index contributed by atoms with van der Waals surface area (Å²) in [6.07, 6.45) is 2.26. The van der Waals surface area contributed by atoms with Crippen LogP contribution in [-0.2, 0) is 13.0 Å². The van der Waals surface area contributed by atoms with E-state index in [9.17, 15) is 9.18 Å². The fourth-order valence-corrected chi connectivity index (χ4v) is 2.92. The second-order valence-corrected chi connectivity index (χ2v) is 6.09. The van der Waals surface area contributed by atoms with Crippen LogP contribution in [0.1, 0.15) is 41.4 Å². The minimum atomic E-state index is -0.473. The highest BCUT2D eigenvalue weighted by Gasteiger charge is 2.21. The first-order chi connectivity index (χ1) is 11.9. The Kier molecular flexibility index (Phi) is 4.72. The molecule has 3 aromatic rings. The largest absolute Gasteiger partial charge is 0.441 e. The SMILES string of the molecule is CCn1cc(Cc2nc(C)oc2-c2ccc(F)cc2C(C)=O)c(Cl)n1. The van der Waals surface area contributed by atoms with Gasteiger partial charge >= 0.3 is 0 Å². The molecular formula is C18H17ClFN3O2. The second-order valence-electron chi connectivity index (χ2n) is 5.73. The molecule has 130 valence electrons. The minimum absolute atomic E-state index is 0.244. The van der Waals surface area contributed by atoms with E-state index in [1.807, 2.05) is 13.1 Å². The van der Waals surface area contributed by atoms with Crippen molar-refractivity contribution in [1.29, 1.82) is 0 Å². The molecule has 0 atom stereocenters. The first kappa shape index (κ1) is 17.4. The van der Waals surface area contributed by atoms with Gasteiger partial charge in [-0.3, -0.25) is 9.48 Å². The van der Waals surface area contributed by atoms with Crippen molar-refractivity contribution < 1.29 is 13.6 Å². The lowest BCUT2D eigenvalue weighted by molar-refractivity contribution is 0.101. The van der Waals surface area contributed by atoms with Crippen molar-refractivity contribution in [1.82, 2.24) is 14.8 Å². The highest BCUT2D eigenvalue weighted by atomic mass is 35.5. The number of rotatable bonds is 5. The lowest BCUT2D eigenvalue weighted by Gasteiger charge is -2.06. The molecule has 0 radical (unpaired) electrons. The van der Waals surface area contributed by atoms with Gasteiger partial charge in [0.1, 0.15) is 5.82 Å². The molecule has 0 spiro atoms. The van der Waals surface area contributed by atoms with E-state index >= 15 is 0 Å². The molecule has 0 aliphatic heterocycles. The van der Waals surface area contributed by atoms with E-state index in [1.54, 1.807) is 11.6 Å². The van der Waals surface area contributed by atoms with E-state index in [0.717, 1.165) is 5.56 Å². The van der Waals surface area contributed by atoms with Gasteiger partial charge in [0, 0.05) is 42.8 Å². The topological polar surface area (TPSA) is 60.9 Å². The minimum Gasteiger partial charge on any atom is -0.441 e. The smallest absolute Gasteiger partial charge is 0.192 e. The summed E-state index contributed by atoms with van der Waals surface area (Å²) in [6, 6.07) is 4.04. The van der Waals surface area contributed by atoms with E-state index in [4.69, 9.17) is 16.0 Å². The van der Waals surface area contributed by atoms with Crippen LogP contribution in [0.3, 0.4) is 0 Å². The summed E-state index contributed by atoms with van der Waals surface area (Å²) < 4.78 is 21.0. The highest BCUT2D eigenvalue weighted by molar-refractivity contribution is 6.30. The first-order valence-electron chi connectivity index (χ1n) is 7.88. The summed E-state index contributed by atoms with van der Waals surface area (Å²) in [5, 5.41) is 4.61. The molecule has 0 bridgehead atoms. The molecule has 2 aromatic heterocycles. The fourth-order valence-electron chi connectivity index (χ4n) is 2.71. The van der Waals surface area contributed by atoms with Crippen molar-refractivity contribution >= 4 is 17.4 Å². The molecule has 1 aromatic carbocycles. The molecule has 0 amide bonds. The average molecular weight is 362 g/mol. The van der Waals surface area contributed by atoms with Crippen LogP contribution in [0, 0.1) is 12.7 Å². The van der Waals surface area contributed by atoms with E-state index in [2.05, 4.69) is 10.1 Å². The lowest BCUT2D eigenvalue weighted by Crippen LogP contribution is -1.99. The summed E-state index contributed by atoms with van der Waals surface area (Å²) >= 11 is 6.19. The third-order valence-electron chi connectivity index (χ3n) is 3.88. The van der Waals surface area contributed by atoms with Gasteiger partial charge in [-0.15, -0.1) is 0 Å². The fraction of sp³-hybridized carbons (Fsp3) is 0.278. The van der Waals surface area contributed by atoms with Crippen molar-refractivity contribution in [3.63, 3.8) is 0 Å². The standard InChI is InChI=1S/C18H17ClFN3O2/c1-4-23-9-12(18(19)22-23)7-16-17(25-11(3)21-16)14-6-5-13(20)8-15(14)10(2)24/h5-6,8-9H,4,7H2,1-3H3. The van der Waals surface area contributed by atoms with E-state index < -0.39 is 5.82 Å². The van der Waals surface area contributed by atoms with Gasteiger partial charge in [-0.25, -0.2) is 9.37 Å². The summed E-state index contributed by atoms with van der Waals surface area (Å²) in [5.74, 6) is 0.191. The maximum absolute atomic E-state index is 13.5. The number of Topliss-reactive ketones (excluding diaryl/α,β-unsaturated/α-hetero) is 1. The third kappa shape index (κ3) is 3.49. The number of carbonyl (C=O) groups is 1.